The van der Waals surface area contributed by atoms with Crippen LogP contribution in [-0.4, -0.2) is 45.1 Å². The first-order valence-corrected chi connectivity index (χ1v) is 14.1. The first-order valence-electron chi connectivity index (χ1n) is 11.2. The lowest BCUT2D eigenvalue weighted by Crippen LogP contribution is -2.25. The molecule has 8 heteroatoms. The largest absolute Gasteiger partial charge is 0.489 e. The number of thiazole rings is 1. The zero-order valence-corrected chi connectivity index (χ0v) is 21.1. The number of anilines is 1. The zero-order chi connectivity index (χ0) is 23.6. The van der Waals surface area contributed by atoms with Crippen LogP contribution in [0.25, 0.3) is 21.0 Å². The van der Waals surface area contributed by atoms with E-state index in [9.17, 15) is 8.42 Å². The van der Waals surface area contributed by atoms with E-state index < -0.39 is 9.84 Å². The maximum atomic E-state index is 11.5. The Morgan fingerprint density at radius 2 is 2.06 bits per heavy atom. The summed E-state index contributed by atoms with van der Waals surface area (Å²) in [6.07, 6.45) is 5.29. The fourth-order valence-electron chi connectivity index (χ4n) is 4.26. The Balaban J connectivity index is 1.56. The lowest BCUT2D eigenvalue weighted by Gasteiger charge is -2.15. The lowest BCUT2D eigenvalue weighted by atomic mass is 10.0. The van der Waals surface area contributed by atoms with Gasteiger partial charge in [-0.1, -0.05) is 18.2 Å². The van der Waals surface area contributed by atoms with Gasteiger partial charge in [0.25, 0.3) is 0 Å². The van der Waals surface area contributed by atoms with Crippen LogP contribution in [0.3, 0.4) is 0 Å². The summed E-state index contributed by atoms with van der Waals surface area (Å²) >= 11 is 1.69. The van der Waals surface area contributed by atoms with E-state index in [4.69, 9.17) is 9.72 Å². The molecule has 4 rings (SSSR count). The standard InChI is InChI=1S/C25H31N3O3S2/c1-16(2)31-23-11-8-17(14-22(23)26-3)25-28-15-24(32-25)20-7-5-6-19-18(20)9-10-21(19)27-12-13-33(4,29)30/h5-8,11,14-16,21,26-27H,9-10,12-13H2,1-4H3. The van der Waals surface area contributed by atoms with Crippen molar-refractivity contribution in [3.63, 3.8) is 0 Å². The van der Waals surface area contributed by atoms with Crippen molar-refractivity contribution < 1.29 is 13.2 Å². The number of hydrogen-bond donors (Lipinski definition) is 2. The highest BCUT2D eigenvalue weighted by Crippen LogP contribution is 2.41. The third-order valence-electron chi connectivity index (χ3n) is 5.76. The first kappa shape index (κ1) is 23.7. The van der Waals surface area contributed by atoms with Crippen LogP contribution in [0.5, 0.6) is 5.75 Å². The van der Waals surface area contributed by atoms with E-state index >= 15 is 0 Å². The quantitative estimate of drug-likeness (QED) is 0.447. The molecule has 0 spiro atoms. The van der Waals surface area contributed by atoms with Crippen molar-refractivity contribution in [1.82, 2.24) is 10.3 Å². The number of rotatable bonds is 9. The number of benzene rings is 2. The molecular weight excluding hydrogens is 454 g/mol. The molecule has 1 heterocycles. The van der Waals surface area contributed by atoms with Crippen molar-refractivity contribution >= 4 is 26.9 Å². The van der Waals surface area contributed by atoms with E-state index in [1.54, 1.807) is 11.3 Å². The van der Waals surface area contributed by atoms with Gasteiger partial charge in [0, 0.05) is 37.7 Å². The third kappa shape index (κ3) is 5.57. The Labute approximate surface area is 200 Å². The summed E-state index contributed by atoms with van der Waals surface area (Å²) in [5.74, 6) is 0.995. The SMILES string of the molecule is CNc1cc(-c2ncc(-c3cccc4c3CCC4NCCS(C)(=O)=O)s2)ccc1OC(C)C. The molecule has 0 aliphatic heterocycles. The van der Waals surface area contributed by atoms with Crippen molar-refractivity contribution in [2.45, 2.75) is 38.8 Å². The lowest BCUT2D eigenvalue weighted by molar-refractivity contribution is 0.244. The maximum absolute atomic E-state index is 11.5. The van der Waals surface area contributed by atoms with Crippen LogP contribution in [0.15, 0.2) is 42.6 Å². The molecule has 2 N–H and O–H groups in total. The number of nitrogens with one attached hydrogen (secondary N) is 2. The van der Waals surface area contributed by atoms with Crippen LogP contribution in [0.4, 0.5) is 5.69 Å². The van der Waals surface area contributed by atoms with Gasteiger partial charge in [-0.2, -0.15) is 0 Å². The van der Waals surface area contributed by atoms with Crippen LogP contribution in [0.2, 0.25) is 0 Å². The topological polar surface area (TPSA) is 80.3 Å². The summed E-state index contributed by atoms with van der Waals surface area (Å²) < 4.78 is 28.8. The van der Waals surface area contributed by atoms with Gasteiger partial charge in [0.15, 0.2) is 0 Å². The predicted molar refractivity (Wildman–Crippen MR) is 137 cm³/mol. The van der Waals surface area contributed by atoms with E-state index in [-0.39, 0.29) is 17.9 Å². The highest BCUT2D eigenvalue weighted by atomic mass is 32.2. The van der Waals surface area contributed by atoms with Gasteiger partial charge in [-0.3, -0.25) is 0 Å². The molecule has 176 valence electrons. The Morgan fingerprint density at radius 1 is 1.24 bits per heavy atom. The second-order valence-electron chi connectivity index (χ2n) is 8.71. The van der Waals surface area contributed by atoms with E-state index in [1.807, 2.05) is 33.2 Å². The van der Waals surface area contributed by atoms with Crippen molar-refractivity contribution in [3.05, 3.63) is 53.7 Å². The second-order valence-corrected chi connectivity index (χ2v) is 12.0. The minimum absolute atomic E-state index is 0.110. The van der Waals surface area contributed by atoms with Crippen molar-refractivity contribution in [3.8, 4) is 26.8 Å². The Morgan fingerprint density at radius 3 is 2.79 bits per heavy atom. The first-order chi connectivity index (χ1) is 15.7. The molecule has 1 aliphatic carbocycles. The van der Waals surface area contributed by atoms with Crippen molar-refractivity contribution in [2.24, 2.45) is 0 Å². The molecule has 0 amide bonds. The number of aromatic nitrogens is 1. The smallest absolute Gasteiger partial charge is 0.148 e. The minimum atomic E-state index is -2.96. The Hall–Kier alpha value is -2.42. The van der Waals surface area contributed by atoms with Crippen LogP contribution < -0.4 is 15.4 Å². The zero-order valence-electron chi connectivity index (χ0n) is 19.5. The van der Waals surface area contributed by atoms with Gasteiger partial charge in [-0.25, -0.2) is 13.4 Å². The fourth-order valence-corrected chi connectivity index (χ4v) is 5.72. The van der Waals surface area contributed by atoms with Crippen LogP contribution in [0.1, 0.15) is 37.4 Å². The maximum Gasteiger partial charge on any atom is 0.148 e. The number of nitrogens with zero attached hydrogens (tertiary/aromatic N) is 1. The average Bonchev–Trinajstić information content (AvgIpc) is 3.40. The molecule has 2 aromatic carbocycles. The number of ether oxygens (including phenoxy) is 1. The molecule has 0 saturated heterocycles. The summed E-state index contributed by atoms with van der Waals surface area (Å²) in [7, 11) is -1.07. The predicted octanol–water partition coefficient (Wildman–Crippen LogP) is 4.93. The van der Waals surface area contributed by atoms with Crippen molar-refractivity contribution in [1.29, 1.82) is 0 Å². The van der Waals surface area contributed by atoms with E-state index in [0.29, 0.717) is 6.54 Å². The molecule has 0 saturated carbocycles. The molecule has 1 aliphatic rings. The summed E-state index contributed by atoms with van der Waals surface area (Å²) in [6, 6.07) is 12.7. The Bertz CT molecular complexity index is 1240. The highest BCUT2D eigenvalue weighted by molar-refractivity contribution is 7.90. The molecule has 0 fully saturated rings. The average molecular weight is 486 g/mol. The summed E-state index contributed by atoms with van der Waals surface area (Å²) in [5, 5.41) is 7.62. The van der Waals surface area contributed by atoms with Gasteiger partial charge in [0.1, 0.15) is 20.6 Å². The monoisotopic (exact) mass is 485 g/mol. The van der Waals surface area contributed by atoms with Crippen LogP contribution in [-0.2, 0) is 16.3 Å². The highest BCUT2D eigenvalue weighted by Gasteiger charge is 2.25. The van der Waals surface area contributed by atoms with Gasteiger partial charge >= 0.3 is 0 Å². The van der Waals surface area contributed by atoms with E-state index in [2.05, 4.69) is 41.0 Å². The molecule has 1 unspecified atom stereocenters. The Kier molecular flexibility index (Phi) is 7.07. The minimum Gasteiger partial charge on any atom is -0.489 e. The summed E-state index contributed by atoms with van der Waals surface area (Å²) in [5.41, 5.74) is 5.82. The molecule has 1 aromatic heterocycles. The van der Waals surface area contributed by atoms with Gasteiger partial charge in [-0.15, -0.1) is 11.3 Å². The molecule has 0 radical (unpaired) electrons. The molecule has 1 atom stereocenters. The van der Waals surface area contributed by atoms with Crippen LogP contribution in [0, 0.1) is 0 Å². The molecule has 33 heavy (non-hydrogen) atoms. The van der Waals surface area contributed by atoms with E-state index in [0.717, 1.165) is 39.7 Å². The normalized spacial score (nSPS) is 15.6. The summed E-state index contributed by atoms with van der Waals surface area (Å²) in [6.45, 7) is 4.51. The molecular formula is C25H31N3O3S2. The number of hydrogen-bond acceptors (Lipinski definition) is 7. The van der Waals surface area contributed by atoms with Crippen molar-refractivity contribution in [2.75, 3.05) is 30.9 Å². The number of fused-ring (bicyclic) bond motifs is 1. The fraction of sp³-hybridized carbons (Fsp3) is 0.400. The molecule has 0 bridgehead atoms. The van der Waals surface area contributed by atoms with E-state index in [1.165, 1.54) is 22.9 Å². The van der Waals surface area contributed by atoms with Crippen LogP contribution >= 0.6 is 11.3 Å². The molecule has 3 aromatic rings. The molecule has 6 nitrogen and oxygen atoms in total. The van der Waals surface area contributed by atoms with Gasteiger partial charge in [-0.05, 0) is 61.6 Å². The second kappa shape index (κ2) is 9.83. The van der Waals surface area contributed by atoms with Gasteiger partial charge in [0.2, 0.25) is 0 Å². The van der Waals surface area contributed by atoms with Gasteiger partial charge in [0.05, 0.1) is 22.4 Å². The van der Waals surface area contributed by atoms with Gasteiger partial charge < -0.3 is 15.4 Å². The number of sulfone groups is 1. The third-order valence-corrected chi connectivity index (χ3v) is 7.79. The summed E-state index contributed by atoms with van der Waals surface area (Å²) in [4.78, 5) is 5.86.